The van der Waals surface area contributed by atoms with Crippen molar-refractivity contribution >= 4 is 0 Å². The fraction of sp³-hybridized carbons (Fsp3) is 0.474. The third-order valence-electron chi connectivity index (χ3n) is 4.52. The van der Waals surface area contributed by atoms with Crippen LogP contribution in [0.15, 0.2) is 40.8 Å². The van der Waals surface area contributed by atoms with Crippen LogP contribution >= 0.6 is 0 Å². The van der Waals surface area contributed by atoms with Gasteiger partial charge in [0.2, 0.25) is 0 Å². The second-order valence-electron chi connectivity index (χ2n) is 6.22. The Morgan fingerprint density at radius 3 is 2.62 bits per heavy atom. The van der Waals surface area contributed by atoms with Crippen LogP contribution in [0.3, 0.4) is 0 Å². The molecule has 1 aliphatic rings. The first-order valence-corrected chi connectivity index (χ1v) is 8.06. The third-order valence-corrected chi connectivity index (χ3v) is 4.52. The molecular formula is C19H25NO. The number of rotatable bonds is 6. The molecular weight excluding hydrogens is 258 g/mol. The predicted molar refractivity (Wildman–Crippen MR) is 86.5 cm³/mol. The van der Waals surface area contributed by atoms with E-state index in [0.29, 0.717) is 17.9 Å². The molecule has 1 N–H and O–H groups in total. The minimum absolute atomic E-state index is 0.424. The Balaban J connectivity index is 1.80. The van der Waals surface area contributed by atoms with E-state index in [4.69, 9.17) is 4.42 Å². The largest absolute Gasteiger partial charge is 0.466 e. The van der Waals surface area contributed by atoms with Crippen LogP contribution in [0.25, 0.3) is 0 Å². The van der Waals surface area contributed by atoms with Gasteiger partial charge in [0.25, 0.3) is 0 Å². The van der Waals surface area contributed by atoms with E-state index in [2.05, 4.69) is 55.6 Å². The van der Waals surface area contributed by atoms with Crippen LogP contribution in [0.5, 0.6) is 0 Å². The second kappa shape index (κ2) is 6.07. The topological polar surface area (TPSA) is 25.2 Å². The zero-order valence-electron chi connectivity index (χ0n) is 13.2. The first-order chi connectivity index (χ1) is 10.2. The summed E-state index contributed by atoms with van der Waals surface area (Å²) in [6.07, 6.45) is 2.43. The van der Waals surface area contributed by atoms with E-state index in [0.717, 1.165) is 24.5 Å². The molecule has 0 spiro atoms. The maximum Gasteiger partial charge on any atom is 0.105 e. The van der Waals surface area contributed by atoms with Gasteiger partial charge in [0.15, 0.2) is 0 Å². The van der Waals surface area contributed by atoms with E-state index >= 15 is 0 Å². The molecule has 0 saturated heterocycles. The second-order valence-corrected chi connectivity index (χ2v) is 6.22. The maximum absolute atomic E-state index is 5.75. The van der Waals surface area contributed by atoms with Crippen molar-refractivity contribution in [2.75, 3.05) is 6.54 Å². The number of aryl methyl sites for hydroxylation is 2. The van der Waals surface area contributed by atoms with Gasteiger partial charge in [-0.2, -0.15) is 0 Å². The van der Waals surface area contributed by atoms with Gasteiger partial charge in [-0.25, -0.2) is 0 Å². The van der Waals surface area contributed by atoms with Crippen LogP contribution in [0.1, 0.15) is 54.4 Å². The molecule has 112 valence electrons. The van der Waals surface area contributed by atoms with Crippen LogP contribution in [-0.4, -0.2) is 6.54 Å². The lowest BCUT2D eigenvalue weighted by Gasteiger charge is -2.18. The molecule has 1 heterocycles. The summed E-state index contributed by atoms with van der Waals surface area (Å²) in [5, 5.41) is 3.74. The van der Waals surface area contributed by atoms with Gasteiger partial charge >= 0.3 is 0 Å². The van der Waals surface area contributed by atoms with Gasteiger partial charge in [-0.3, -0.25) is 0 Å². The van der Waals surface area contributed by atoms with Crippen molar-refractivity contribution < 1.29 is 4.42 Å². The highest BCUT2D eigenvalue weighted by molar-refractivity contribution is 5.32. The van der Waals surface area contributed by atoms with Crippen molar-refractivity contribution in [2.24, 2.45) is 5.92 Å². The normalized spacial score (nSPS) is 22.2. The summed E-state index contributed by atoms with van der Waals surface area (Å²) in [4.78, 5) is 0. The number of hydrogen-bond donors (Lipinski definition) is 1. The van der Waals surface area contributed by atoms with E-state index in [1.54, 1.807) is 0 Å². The van der Waals surface area contributed by atoms with Crippen molar-refractivity contribution in [2.45, 2.75) is 45.6 Å². The van der Waals surface area contributed by atoms with E-state index in [1.165, 1.54) is 17.5 Å². The van der Waals surface area contributed by atoms with Crippen LogP contribution in [0.2, 0.25) is 0 Å². The highest BCUT2D eigenvalue weighted by atomic mass is 16.3. The molecule has 21 heavy (non-hydrogen) atoms. The molecule has 0 amide bonds. The fourth-order valence-corrected chi connectivity index (χ4v) is 3.42. The zero-order valence-corrected chi connectivity index (χ0v) is 13.2. The van der Waals surface area contributed by atoms with Crippen molar-refractivity contribution in [1.29, 1.82) is 0 Å². The summed E-state index contributed by atoms with van der Waals surface area (Å²) in [5.74, 6) is 3.47. The quantitative estimate of drug-likeness (QED) is 0.828. The number of nitrogens with one attached hydrogen (secondary N) is 1. The van der Waals surface area contributed by atoms with Crippen LogP contribution in [0, 0.1) is 19.8 Å². The molecule has 0 radical (unpaired) electrons. The molecule has 2 aromatic rings. The molecule has 2 heteroatoms. The average molecular weight is 283 g/mol. The summed E-state index contributed by atoms with van der Waals surface area (Å²) in [6.45, 7) is 7.41. The Bertz CT molecular complexity index is 587. The minimum Gasteiger partial charge on any atom is -0.466 e. The summed E-state index contributed by atoms with van der Waals surface area (Å²) >= 11 is 0. The van der Waals surface area contributed by atoms with Crippen molar-refractivity contribution in [1.82, 2.24) is 5.32 Å². The van der Waals surface area contributed by atoms with Crippen LogP contribution in [0.4, 0.5) is 0 Å². The third kappa shape index (κ3) is 3.06. The lowest BCUT2D eigenvalue weighted by atomic mass is 9.98. The van der Waals surface area contributed by atoms with E-state index in [9.17, 15) is 0 Å². The molecule has 1 fully saturated rings. The summed E-state index contributed by atoms with van der Waals surface area (Å²) in [5.41, 5.74) is 2.83. The van der Waals surface area contributed by atoms with Crippen LogP contribution < -0.4 is 5.32 Å². The monoisotopic (exact) mass is 283 g/mol. The highest BCUT2D eigenvalue weighted by Gasteiger charge is 2.44. The lowest BCUT2D eigenvalue weighted by molar-refractivity contribution is 0.451. The molecule has 3 rings (SSSR count). The van der Waals surface area contributed by atoms with E-state index < -0.39 is 0 Å². The lowest BCUT2D eigenvalue weighted by Crippen LogP contribution is -2.24. The summed E-state index contributed by atoms with van der Waals surface area (Å²) in [6, 6.07) is 13.5. The van der Waals surface area contributed by atoms with Crippen molar-refractivity contribution in [3.05, 3.63) is 59.0 Å². The Hall–Kier alpha value is -1.54. The Kier molecular flexibility index (Phi) is 4.16. The number of furan rings is 1. The number of benzene rings is 1. The highest BCUT2D eigenvalue weighted by Crippen LogP contribution is 2.54. The fourth-order valence-electron chi connectivity index (χ4n) is 3.42. The Morgan fingerprint density at radius 1 is 1.24 bits per heavy atom. The average Bonchev–Trinajstić information content (AvgIpc) is 3.20. The van der Waals surface area contributed by atoms with Gasteiger partial charge in [-0.15, -0.1) is 0 Å². The van der Waals surface area contributed by atoms with Gasteiger partial charge in [-0.1, -0.05) is 37.3 Å². The molecule has 1 saturated carbocycles. The van der Waals surface area contributed by atoms with Crippen molar-refractivity contribution in [3.63, 3.8) is 0 Å². The molecule has 3 atom stereocenters. The summed E-state index contributed by atoms with van der Waals surface area (Å²) < 4.78 is 5.75. The van der Waals surface area contributed by atoms with E-state index in [1.807, 2.05) is 6.92 Å². The Labute approximate surface area is 127 Å². The molecule has 1 aromatic heterocycles. The first kappa shape index (κ1) is 14.4. The molecule has 0 aliphatic heterocycles. The van der Waals surface area contributed by atoms with Gasteiger partial charge in [0.05, 0.1) is 0 Å². The minimum atomic E-state index is 0.424. The summed E-state index contributed by atoms with van der Waals surface area (Å²) in [7, 11) is 0. The molecule has 1 aliphatic carbocycles. The SMILES string of the molecule is CCCNC(c1cc(C)oc1C)C1CC1c1ccccc1. The molecule has 3 unspecified atom stereocenters. The Morgan fingerprint density at radius 2 is 2.00 bits per heavy atom. The molecule has 2 nitrogen and oxygen atoms in total. The molecule has 0 bridgehead atoms. The van der Waals surface area contributed by atoms with E-state index in [-0.39, 0.29) is 0 Å². The smallest absolute Gasteiger partial charge is 0.105 e. The zero-order chi connectivity index (χ0) is 14.8. The number of hydrogen-bond acceptors (Lipinski definition) is 2. The maximum atomic E-state index is 5.75. The first-order valence-electron chi connectivity index (χ1n) is 8.06. The van der Waals surface area contributed by atoms with Gasteiger partial charge in [-0.05, 0) is 56.7 Å². The van der Waals surface area contributed by atoms with Gasteiger partial charge in [0.1, 0.15) is 11.5 Å². The van der Waals surface area contributed by atoms with Crippen LogP contribution in [-0.2, 0) is 0 Å². The predicted octanol–water partition coefficient (Wildman–Crippen LogP) is 4.74. The standard InChI is InChI=1S/C19H25NO/c1-4-10-20-19(16-11-13(2)21-14(16)3)18-12-17(18)15-8-6-5-7-9-15/h5-9,11,17-20H,4,10,12H2,1-3H3. The van der Waals surface area contributed by atoms with Gasteiger partial charge < -0.3 is 9.73 Å². The molecule has 1 aromatic carbocycles. The van der Waals surface area contributed by atoms with Crippen molar-refractivity contribution in [3.8, 4) is 0 Å². The van der Waals surface area contributed by atoms with Gasteiger partial charge in [0, 0.05) is 11.6 Å².